The van der Waals surface area contributed by atoms with Crippen LogP contribution in [0.1, 0.15) is 22.8 Å². The lowest BCUT2D eigenvalue weighted by Gasteiger charge is -2.30. The molecule has 1 heterocycles. The van der Waals surface area contributed by atoms with Gasteiger partial charge in [0.1, 0.15) is 0 Å². The Morgan fingerprint density at radius 3 is 2.41 bits per heavy atom. The van der Waals surface area contributed by atoms with Gasteiger partial charge < -0.3 is 19.8 Å². The maximum Gasteiger partial charge on any atom is 0.344 e. The van der Waals surface area contributed by atoms with Gasteiger partial charge in [-0.1, -0.05) is 29.8 Å². The summed E-state index contributed by atoms with van der Waals surface area (Å²) >= 11 is 5.88. The molecule has 0 radical (unpaired) electrons. The number of amides is 1. The molecule has 0 aliphatic heterocycles. The molecule has 166 valence electrons. The average Bonchev–Trinajstić information content (AvgIpc) is 2.78. The van der Waals surface area contributed by atoms with Gasteiger partial charge in [0.25, 0.3) is 5.91 Å². The minimum atomic E-state index is -2.22. The van der Waals surface area contributed by atoms with Gasteiger partial charge >= 0.3 is 11.9 Å². The van der Waals surface area contributed by atoms with E-state index in [1.165, 1.54) is 30.3 Å². The highest BCUT2D eigenvalue weighted by Gasteiger charge is 2.50. The van der Waals surface area contributed by atoms with Crippen molar-refractivity contribution in [2.75, 3.05) is 13.7 Å². The first kappa shape index (κ1) is 23.0. The third-order valence-electron chi connectivity index (χ3n) is 4.88. The summed E-state index contributed by atoms with van der Waals surface area (Å²) in [6.45, 7) is 1.54. The second-order valence-corrected chi connectivity index (χ2v) is 7.40. The van der Waals surface area contributed by atoms with Crippen molar-refractivity contribution in [3.05, 3.63) is 81.1 Å². The molecular weight excluding hydrogens is 436 g/mol. The number of carbonyl (C=O) groups is 3. The Balaban J connectivity index is 2.14. The molecule has 0 aliphatic carbocycles. The highest BCUT2D eigenvalue weighted by atomic mass is 35.5. The molecule has 0 saturated carbocycles. The van der Waals surface area contributed by atoms with Gasteiger partial charge in [-0.2, -0.15) is 0 Å². The second-order valence-electron chi connectivity index (χ2n) is 6.96. The fraction of sp³-hybridized carbons (Fsp3) is 0.217. The lowest BCUT2D eigenvalue weighted by Crippen LogP contribution is -2.62. The first-order valence-electron chi connectivity index (χ1n) is 9.75. The normalized spacial score (nSPS) is 12.6. The summed E-state index contributed by atoms with van der Waals surface area (Å²) in [6, 6.07) is 14.1. The van der Waals surface area contributed by atoms with Crippen LogP contribution in [0.3, 0.4) is 0 Å². The number of benzene rings is 2. The number of hydrogen-bond donors (Lipinski definition) is 2. The van der Waals surface area contributed by atoms with Crippen LogP contribution in [0.2, 0.25) is 5.02 Å². The summed E-state index contributed by atoms with van der Waals surface area (Å²) in [5.74, 6) is -2.74. The van der Waals surface area contributed by atoms with E-state index in [1.54, 1.807) is 31.2 Å². The Bertz CT molecular complexity index is 1220. The topological polar surface area (TPSA) is 115 Å². The van der Waals surface area contributed by atoms with Crippen LogP contribution in [-0.4, -0.2) is 42.1 Å². The summed E-state index contributed by atoms with van der Waals surface area (Å²) in [5, 5.41) is 3.51. The number of nitrogens with one attached hydrogen (secondary N) is 2. The number of fused-ring (bicyclic) bond motifs is 1. The van der Waals surface area contributed by atoms with E-state index >= 15 is 0 Å². The zero-order valence-electron chi connectivity index (χ0n) is 17.4. The number of para-hydroxylation sites is 1. The highest BCUT2D eigenvalue weighted by Crippen LogP contribution is 2.24. The van der Waals surface area contributed by atoms with Gasteiger partial charge in [-0.25, -0.2) is 9.59 Å². The van der Waals surface area contributed by atoms with Gasteiger partial charge in [-0.15, -0.1) is 0 Å². The van der Waals surface area contributed by atoms with E-state index < -0.39 is 28.9 Å². The summed E-state index contributed by atoms with van der Waals surface area (Å²) in [5.41, 5.74) is -1.60. The monoisotopic (exact) mass is 456 g/mol. The maximum atomic E-state index is 13.1. The van der Waals surface area contributed by atoms with E-state index in [-0.39, 0.29) is 18.6 Å². The lowest BCUT2D eigenvalue weighted by molar-refractivity contribution is -0.164. The second kappa shape index (κ2) is 9.65. The van der Waals surface area contributed by atoms with E-state index in [9.17, 15) is 19.2 Å². The fourth-order valence-electron chi connectivity index (χ4n) is 3.38. The van der Waals surface area contributed by atoms with Crippen molar-refractivity contribution in [1.82, 2.24) is 10.3 Å². The Morgan fingerprint density at radius 1 is 1.06 bits per heavy atom. The van der Waals surface area contributed by atoms with Crippen molar-refractivity contribution in [2.45, 2.75) is 18.9 Å². The summed E-state index contributed by atoms with van der Waals surface area (Å²) in [7, 11) is 1.10. The molecule has 2 aromatic carbocycles. The Morgan fingerprint density at radius 2 is 1.75 bits per heavy atom. The minimum Gasteiger partial charge on any atom is -0.467 e. The van der Waals surface area contributed by atoms with E-state index in [2.05, 4.69) is 10.3 Å². The van der Waals surface area contributed by atoms with E-state index in [0.717, 1.165) is 7.11 Å². The number of H-pyrrole nitrogens is 1. The maximum absolute atomic E-state index is 13.1. The van der Waals surface area contributed by atoms with Crippen LogP contribution < -0.4 is 10.9 Å². The molecule has 32 heavy (non-hydrogen) atoms. The van der Waals surface area contributed by atoms with Crippen molar-refractivity contribution >= 4 is 40.3 Å². The standard InChI is InChI=1S/C23H21ClN2O6/c1-3-32-22(30)23(21(29)31-2,26-20(28)14-8-10-16(24)11-9-14)13-15-12-19(27)25-18-7-5-4-6-17(15)18/h4-12H,3,13H2,1-2H3,(H,25,27)(H,26,28). The van der Waals surface area contributed by atoms with Crippen molar-refractivity contribution in [2.24, 2.45) is 0 Å². The molecule has 0 bridgehead atoms. The van der Waals surface area contributed by atoms with Gasteiger partial charge in [0, 0.05) is 34.0 Å². The molecule has 8 nitrogen and oxygen atoms in total. The molecule has 0 aliphatic rings. The number of ether oxygens (including phenoxy) is 2. The minimum absolute atomic E-state index is 0.0372. The van der Waals surface area contributed by atoms with E-state index in [1.807, 2.05) is 0 Å². The van der Waals surface area contributed by atoms with Crippen LogP contribution in [0.5, 0.6) is 0 Å². The zero-order valence-corrected chi connectivity index (χ0v) is 18.2. The molecule has 2 N–H and O–H groups in total. The van der Waals surface area contributed by atoms with Crippen molar-refractivity contribution < 1.29 is 23.9 Å². The number of aromatic amines is 1. The molecule has 1 aromatic heterocycles. The van der Waals surface area contributed by atoms with Gasteiger partial charge in [0.15, 0.2) is 0 Å². The zero-order chi connectivity index (χ0) is 23.3. The Labute approximate surface area is 188 Å². The summed E-state index contributed by atoms with van der Waals surface area (Å²) in [4.78, 5) is 53.9. The van der Waals surface area contributed by atoms with E-state index in [0.29, 0.717) is 21.5 Å². The van der Waals surface area contributed by atoms with Gasteiger partial charge in [0.05, 0.1) is 13.7 Å². The number of aromatic nitrogens is 1. The van der Waals surface area contributed by atoms with Crippen molar-refractivity contribution in [3.63, 3.8) is 0 Å². The largest absolute Gasteiger partial charge is 0.467 e. The molecule has 3 rings (SSSR count). The van der Waals surface area contributed by atoms with Gasteiger partial charge in [-0.05, 0) is 42.8 Å². The number of esters is 2. The average molecular weight is 457 g/mol. The molecule has 0 spiro atoms. The summed E-state index contributed by atoms with van der Waals surface area (Å²) in [6.07, 6.45) is -0.359. The molecular formula is C23H21ClN2O6. The molecule has 1 amide bonds. The van der Waals surface area contributed by atoms with E-state index in [4.69, 9.17) is 21.1 Å². The highest BCUT2D eigenvalue weighted by molar-refractivity contribution is 6.30. The Kier molecular flexibility index (Phi) is 6.95. The van der Waals surface area contributed by atoms with Crippen molar-refractivity contribution in [3.8, 4) is 0 Å². The molecule has 1 atom stereocenters. The molecule has 1 unspecified atom stereocenters. The molecule has 3 aromatic rings. The number of methoxy groups -OCH3 is 1. The van der Waals surface area contributed by atoms with Crippen LogP contribution in [0, 0.1) is 0 Å². The SMILES string of the molecule is CCOC(=O)C(Cc1cc(=O)[nH]c2ccccc12)(NC(=O)c1ccc(Cl)cc1)C(=O)OC. The van der Waals surface area contributed by atoms with Crippen LogP contribution in [0.25, 0.3) is 10.9 Å². The number of carbonyl (C=O) groups excluding carboxylic acids is 3. The molecule has 9 heteroatoms. The smallest absolute Gasteiger partial charge is 0.344 e. The number of rotatable bonds is 7. The number of halogens is 1. The molecule has 0 saturated heterocycles. The van der Waals surface area contributed by atoms with Crippen LogP contribution in [0.15, 0.2) is 59.4 Å². The Hall–Kier alpha value is -3.65. The predicted octanol–water partition coefficient (Wildman–Crippen LogP) is 2.63. The van der Waals surface area contributed by atoms with Crippen LogP contribution in [0.4, 0.5) is 0 Å². The summed E-state index contributed by atoms with van der Waals surface area (Å²) < 4.78 is 10.0. The van der Waals surface area contributed by atoms with Gasteiger partial charge in [0.2, 0.25) is 11.1 Å². The third-order valence-corrected chi connectivity index (χ3v) is 5.13. The molecule has 0 fully saturated rings. The van der Waals surface area contributed by atoms with Gasteiger partial charge in [-0.3, -0.25) is 9.59 Å². The number of pyridine rings is 1. The lowest BCUT2D eigenvalue weighted by atomic mass is 9.88. The first-order chi connectivity index (χ1) is 15.3. The van der Waals surface area contributed by atoms with Crippen LogP contribution >= 0.6 is 11.6 Å². The quantitative estimate of drug-likeness (QED) is 0.417. The van der Waals surface area contributed by atoms with Crippen LogP contribution in [-0.2, 0) is 25.5 Å². The third kappa shape index (κ3) is 4.65. The first-order valence-corrected chi connectivity index (χ1v) is 10.1. The fourth-order valence-corrected chi connectivity index (χ4v) is 3.50. The predicted molar refractivity (Wildman–Crippen MR) is 119 cm³/mol. The number of hydrogen-bond acceptors (Lipinski definition) is 6. The van der Waals surface area contributed by atoms with Crippen molar-refractivity contribution in [1.29, 1.82) is 0 Å².